The number of hydrogen-bond donors (Lipinski definition) is 2. The fourth-order valence-corrected chi connectivity index (χ4v) is 4.31. The molecule has 2 amide bonds. The predicted molar refractivity (Wildman–Crippen MR) is 148 cm³/mol. The third-order valence-corrected chi connectivity index (χ3v) is 6.40. The Kier molecular flexibility index (Phi) is 9.73. The average Bonchev–Trinajstić information content (AvgIpc) is 3.44. The molecule has 9 nitrogen and oxygen atoms in total. The third-order valence-electron chi connectivity index (χ3n) is 6.40. The number of nitrogens with zero attached hydrogens (tertiary/aromatic N) is 3. The first-order chi connectivity index (χ1) is 19.1. The van der Waals surface area contributed by atoms with Crippen LogP contribution >= 0.6 is 0 Å². The summed E-state index contributed by atoms with van der Waals surface area (Å²) >= 11 is 0. The van der Waals surface area contributed by atoms with Gasteiger partial charge in [0.25, 0.3) is 0 Å². The van der Waals surface area contributed by atoms with Gasteiger partial charge in [-0.2, -0.15) is 5.26 Å². The quantitative estimate of drug-likeness (QED) is 0.313. The summed E-state index contributed by atoms with van der Waals surface area (Å²) in [5.41, 5.74) is 1.74. The van der Waals surface area contributed by atoms with E-state index in [1.165, 1.54) is 0 Å². The summed E-state index contributed by atoms with van der Waals surface area (Å²) in [6.45, 7) is 2.80. The molecule has 1 saturated heterocycles. The van der Waals surface area contributed by atoms with Crippen molar-refractivity contribution >= 4 is 23.5 Å². The highest BCUT2D eigenvalue weighted by Crippen LogP contribution is 2.25. The lowest BCUT2D eigenvalue weighted by Crippen LogP contribution is -2.51. The van der Waals surface area contributed by atoms with Crippen LogP contribution in [0.2, 0.25) is 0 Å². The van der Waals surface area contributed by atoms with Crippen LogP contribution in [0.5, 0.6) is 11.5 Å². The predicted octanol–water partition coefficient (Wildman–Crippen LogP) is 5.57. The number of anilines is 2. The molecule has 0 bridgehead atoms. The zero-order valence-corrected chi connectivity index (χ0v) is 22.0. The number of benzene rings is 2. The minimum Gasteiger partial charge on any atom is -0.457 e. The third kappa shape index (κ3) is 7.95. The van der Waals surface area contributed by atoms with Crippen molar-refractivity contribution in [3.8, 4) is 17.6 Å². The van der Waals surface area contributed by atoms with E-state index in [9.17, 15) is 14.9 Å². The molecule has 0 spiro atoms. The molecule has 2 heterocycles. The molecule has 1 aliphatic heterocycles. The van der Waals surface area contributed by atoms with Crippen LogP contribution < -0.4 is 15.4 Å². The Labute approximate surface area is 228 Å². The molecule has 1 unspecified atom stereocenters. The molecule has 2 atom stereocenters. The molecule has 202 valence electrons. The molecule has 4 rings (SSSR count). The van der Waals surface area contributed by atoms with E-state index in [0.717, 1.165) is 36.3 Å². The number of alkyl carbamates (subject to hydrolysis) is 1. The van der Waals surface area contributed by atoms with Crippen molar-refractivity contribution in [1.82, 2.24) is 15.2 Å². The molecule has 0 saturated carbocycles. The first-order valence-electron chi connectivity index (χ1n) is 13.2. The zero-order valence-electron chi connectivity index (χ0n) is 22.0. The standard InChI is InChI=1S/C30H33N5O4/c1-2-3-19-38-30(37)34-27(29(36)35-18-6-7-24(35)21-31)20-22-9-13-25(14-10-22)39-26-15-11-23(12-16-26)33-28-8-4-5-17-32-28/h4-5,8-17,24,27H,2-3,6-7,18-20H2,1H3,(H,32,33)(H,34,37)/t24?,27-/m0/s1. The number of amides is 2. The van der Waals surface area contributed by atoms with Gasteiger partial charge in [0.2, 0.25) is 5.91 Å². The number of ether oxygens (including phenoxy) is 2. The van der Waals surface area contributed by atoms with E-state index in [-0.39, 0.29) is 12.3 Å². The van der Waals surface area contributed by atoms with E-state index in [0.29, 0.717) is 31.1 Å². The molecule has 39 heavy (non-hydrogen) atoms. The molecule has 1 aromatic heterocycles. The number of carbonyl (C=O) groups excluding carboxylic acids is 2. The van der Waals surface area contributed by atoms with Gasteiger partial charge < -0.3 is 25.0 Å². The molecular formula is C30H33N5O4. The van der Waals surface area contributed by atoms with Gasteiger partial charge in [0.15, 0.2) is 0 Å². The van der Waals surface area contributed by atoms with Gasteiger partial charge in [0.05, 0.1) is 12.7 Å². The van der Waals surface area contributed by atoms with E-state index < -0.39 is 18.2 Å². The fraction of sp³-hybridized carbons (Fsp3) is 0.333. The van der Waals surface area contributed by atoms with Crippen molar-refractivity contribution in [2.24, 2.45) is 0 Å². The monoisotopic (exact) mass is 527 g/mol. The summed E-state index contributed by atoms with van der Waals surface area (Å²) in [5.74, 6) is 1.81. The number of carbonyl (C=O) groups is 2. The fourth-order valence-electron chi connectivity index (χ4n) is 4.31. The average molecular weight is 528 g/mol. The van der Waals surface area contributed by atoms with Gasteiger partial charge >= 0.3 is 6.09 Å². The molecule has 2 aromatic carbocycles. The van der Waals surface area contributed by atoms with Crippen molar-refractivity contribution in [3.05, 3.63) is 78.5 Å². The van der Waals surface area contributed by atoms with Gasteiger partial charge in [-0.1, -0.05) is 31.5 Å². The Bertz CT molecular complexity index is 1260. The van der Waals surface area contributed by atoms with Gasteiger partial charge in [-0.05, 0) is 73.4 Å². The largest absolute Gasteiger partial charge is 0.457 e. The van der Waals surface area contributed by atoms with Crippen LogP contribution in [0.3, 0.4) is 0 Å². The SMILES string of the molecule is CCCCOC(=O)N[C@@H](Cc1ccc(Oc2ccc(Nc3ccccn3)cc2)cc1)C(=O)N1CCCC1C#N. The number of aromatic nitrogens is 1. The van der Waals surface area contributed by atoms with Crippen molar-refractivity contribution in [1.29, 1.82) is 5.26 Å². The molecule has 0 radical (unpaired) electrons. The number of nitriles is 1. The van der Waals surface area contributed by atoms with Gasteiger partial charge in [-0.25, -0.2) is 9.78 Å². The number of likely N-dealkylation sites (tertiary alicyclic amines) is 1. The molecule has 1 fully saturated rings. The van der Waals surface area contributed by atoms with Crippen LogP contribution in [-0.2, 0) is 16.0 Å². The van der Waals surface area contributed by atoms with E-state index in [4.69, 9.17) is 9.47 Å². The second kappa shape index (κ2) is 13.8. The topological polar surface area (TPSA) is 117 Å². The Morgan fingerprint density at radius 1 is 1.10 bits per heavy atom. The first-order valence-corrected chi connectivity index (χ1v) is 13.2. The molecule has 2 N–H and O–H groups in total. The van der Waals surface area contributed by atoms with E-state index in [1.807, 2.05) is 73.7 Å². The Hall–Kier alpha value is -4.58. The number of unbranched alkanes of at least 4 members (excludes halogenated alkanes) is 1. The molecule has 3 aromatic rings. The Balaban J connectivity index is 1.38. The summed E-state index contributed by atoms with van der Waals surface area (Å²) in [6.07, 6.45) is 4.42. The summed E-state index contributed by atoms with van der Waals surface area (Å²) in [6, 6.07) is 21.5. The summed E-state index contributed by atoms with van der Waals surface area (Å²) in [4.78, 5) is 31.5. The molecule has 1 aliphatic rings. The van der Waals surface area contributed by atoms with Crippen molar-refractivity contribution < 1.29 is 19.1 Å². The minimum atomic E-state index is -0.834. The highest BCUT2D eigenvalue weighted by Gasteiger charge is 2.34. The van der Waals surface area contributed by atoms with E-state index in [2.05, 4.69) is 21.7 Å². The summed E-state index contributed by atoms with van der Waals surface area (Å²) in [7, 11) is 0. The molecule has 0 aliphatic carbocycles. The van der Waals surface area contributed by atoms with E-state index in [1.54, 1.807) is 11.1 Å². The maximum atomic E-state index is 13.3. The van der Waals surface area contributed by atoms with Crippen LogP contribution in [-0.4, -0.2) is 47.1 Å². The normalized spacial score (nSPS) is 15.2. The highest BCUT2D eigenvalue weighted by molar-refractivity contribution is 5.86. The smallest absolute Gasteiger partial charge is 0.407 e. The first kappa shape index (κ1) is 27.5. The zero-order chi connectivity index (χ0) is 27.5. The van der Waals surface area contributed by atoms with Crippen LogP contribution in [0.15, 0.2) is 72.9 Å². The highest BCUT2D eigenvalue weighted by atomic mass is 16.5. The van der Waals surface area contributed by atoms with Crippen LogP contribution in [0, 0.1) is 11.3 Å². The Morgan fingerprint density at radius 3 is 2.51 bits per heavy atom. The van der Waals surface area contributed by atoms with Crippen molar-refractivity contribution in [3.63, 3.8) is 0 Å². The summed E-state index contributed by atoms with van der Waals surface area (Å²) in [5, 5.41) is 15.4. The van der Waals surface area contributed by atoms with Gasteiger partial charge in [0, 0.05) is 24.8 Å². The lowest BCUT2D eigenvalue weighted by atomic mass is 10.0. The molecular weight excluding hydrogens is 494 g/mol. The second-order valence-corrected chi connectivity index (χ2v) is 9.32. The Morgan fingerprint density at radius 2 is 1.85 bits per heavy atom. The van der Waals surface area contributed by atoms with Gasteiger partial charge in [0.1, 0.15) is 29.4 Å². The lowest BCUT2D eigenvalue weighted by molar-refractivity contribution is -0.133. The number of pyridine rings is 1. The van der Waals surface area contributed by atoms with Gasteiger partial charge in [-0.3, -0.25) is 4.79 Å². The number of nitrogens with one attached hydrogen (secondary N) is 2. The number of hydrogen-bond acceptors (Lipinski definition) is 7. The maximum Gasteiger partial charge on any atom is 0.407 e. The van der Waals surface area contributed by atoms with Crippen molar-refractivity contribution in [2.45, 2.75) is 51.1 Å². The minimum absolute atomic E-state index is 0.268. The lowest BCUT2D eigenvalue weighted by Gasteiger charge is -2.26. The van der Waals surface area contributed by atoms with Crippen LogP contribution in [0.1, 0.15) is 38.2 Å². The van der Waals surface area contributed by atoms with Crippen LogP contribution in [0.4, 0.5) is 16.3 Å². The van der Waals surface area contributed by atoms with E-state index >= 15 is 0 Å². The van der Waals surface area contributed by atoms with Gasteiger partial charge in [-0.15, -0.1) is 0 Å². The van der Waals surface area contributed by atoms with Crippen molar-refractivity contribution in [2.75, 3.05) is 18.5 Å². The number of rotatable bonds is 11. The second-order valence-electron chi connectivity index (χ2n) is 9.32. The van der Waals surface area contributed by atoms with Crippen LogP contribution in [0.25, 0.3) is 0 Å². The molecule has 9 heteroatoms. The maximum absolute atomic E-state index is 13.3. The summed E-state index contributed by atoms with van der Waals surface area (Å²) < 4.78 is 11.2.